The van der Waals surface area contributed by atoms with Crippen molar-refractivity contribution in [2.75, 3.05) is 0 Å². The maximum atomic E-state index is 12.0. The van der Waals surface area contributed by atoms with Crippen molar-refractivity contribution >= 4 is 11.9 Å². The number of aliphatic carboxylic acids is 2. The number of allylic oxidation sites excluding steroid dienone is 1. The smallest absolute Gasteiger partial charge is 0.310 e. The maximum absolute atomic E-state index is 12.0. The van der Waals surface area contributed by atoms with Crippen molar-refractivity contribution < 1.29 is 19.8 Å². The molecule has 0 saturated heterocycles. The first kappa shape index (κ1) is 18.5. The fourth-order valence-corrected chi connectivity index (χ4v) is 6.55. The average Bonchev–Trinajstić information content (AvgIpc) is 2.53. The molecule has 0 aromatic carbocycles. The normalized spacial score (nSPS) is 43.8. The zero-order chi connectivity index (χ0) is 18.6. The highest BCUT2D eigenvalue weighted by Gasteiger charge is 2.59. The first-order chi connectivity index (χ1) is 11.6. The Labute approximate surface area is 150 Å². The minimum absolute atomic E-state index is 0.0684. The van der Waals surface area contributed by atoms with Gasteiger partial charge in [-0.05, 0) is 68.1 Å². The van der Waals surface area contributed by atoms with Crippen LogP contribution in [0.2, 0.25) is 0 Å². The molecule has 0 aliphatic heterocycles. The van der Waals surface area contributed by atoms with E-state index in [0.29, 0.717) is 12.3 Å². The van der Waals surface area contributed by atoms with Gasteiger partial charge in [0, 0.05) is 0 Å². The number of hydrogen-bond donors (Lipinski definition) is 2. The van der Waals surface area contributed by atoms with Crippen LogP contribution in [0.3, 0.4) is 0 Å². The Balaban J connectivity index is 2.00. The van der Waals surface area contributed by atoms with Crippen molar-refractivity contribution in [2.24, 2.45) is 40.4 Å². The second-order valence-electron chi connectivity index (χ2n) is 9.43. The molecule has 3 rings (SSSR count). The van der Waals surface area contributed by atoms with E-state index in [2.05, 4.69) is 26.8 Å². The molecule has 6 atom stereocenters. The molecule has 2 saturated carbocycles. The van der Waals surface area contributed by atoms with Crippen LogP contribution in [0.5, 0.6) is 0 Å². The fraction of sp³-hybridized carbons (Fsp3) is 0.810. The van der Waals surface area contributed by atoms with Gasteiger partial charge in [-0.15, -0.1) is 0 Å². The van der Waals surface area contributed by atoms with Crippen LogP contribution in [0.1, 0.15) is 66.2 Å². The summed E-state index contributed by atoms with van der Waals surface area (Å²) in [5.41, 5.74) is 0.340. The molecule has 0 amide bonds. The van der Waals surface area contributed by atoms with Gasteiger partial charge >= 0.3 is 11.9 Å². The van der Waals surface area contributed by atoms with E-state index in [-0.39, 0.29) is 23.2 Å². The van der Waals surface area contributed by atoms with Crippen molar-refractivity contribution in [3.05, 3.63) is 11.6 Å². The van der Waals surface area contributed by atoms with Crippen molar-refractivity contribution in [1.29, 1.82) is 0 Å². The molecule has 6 unspecified atom stereocenters. The van der Waals surface area contributed by atoms with Crippen molar-refractivity contribution in [3.8, 4) is 0 Å². The van der Waals surface area contributed by atoms with Gasteiger partial charge in [-0.3, -0.25) is 9.59 Å². The van der Waals surface area contributed by atoms with E-state index in [0.717, 1.165) is 37.7 Å². The van der Waals surface area contributed by atoms with Crippen molar-refractivity contribution in [2.45, 2.75) is 66.2 Å². The standard InChI is InChI=1S/C21H32O4/c1-12(2)14-10-13-6-7-17-20(3,16(13)11-15(14)18(22)23)8-5-9-21(17,4)19(24)25/h10,12-13,15-17H,5-9,11H2,1-4H3,(H,22,23)(H,24,25). The van der Waals surface area contributed by atoms with Gasteiger partial charge in [0.2, 0.25) is 0 Å². The number of carboxylic acid groups (broad SMARTS) is 2. The minimum atomic E-state index is -0.721. The molecule has 0 heterocycles. The summed E-state index contributed by atoms with van der Waals surface area (Å²) in [6.07, 6.45) is 7.57. The lowest BCUT2D eigenvalue weighted by Crippen LogP contribution is -2.56. The van der Waals surface area contributed by atoms with Crippen LogP contribution in [-0.4, -0.2) is 22.2 Å². The summed E-state index contributed by atoms with van der Waals surface area (Å²) in [5, 5.41) is 19.7. The van der Waals surface area contributed by atoms with E-state index < -0.39 is 23.3 Å². The molecule has 4 heteroatoms. The number of carboxylic acids is 2. The van der Waals surface area contributed by atoms with Crippen LogP contribution in [-0.2, 0) is 9.59 Å². The number of hydrogen-bond acceptors (Lipinski definition) is 2. The van der Waals surface area contributed by atoms with Gasteiger partial charge in [0.1, 0.15) is 0 Å². The average molecular weight is 348 g/mol. The van der Waals surface area contributed by atoms with Gasteiger partial charge in [0.25, 0.3) is 0 Å². The molecule has 2 fully saturated rings. The van der Waals surface area contributed by atoms with Gasteiger partial charge in [-0.25, -0.2) is 0 Å². The molecule has 25 heavy (non-hydrogen) atoms. The molecule has 140 valence electrons. The molecule has 3 aliphatic rings. The Hall–Kier alpha value is -1.32. The lowest BCUT2D eigenvalue weighted by Gasteiger charge is -2.60. The Kier molecular flexibility index (Phi) is 4.53. The maximum Gasteiger partial charge on any atom is 0.310 e. The third-order valence-corrected chi connectivity index (χ3v) is 7.88. The Morgan fingerprint density at radius 3 is 2.40 bits per heavy atom. The molecule has 0 aromatic rings. The van der Waals surface area contributed by atoms with E-state index in [1.165, 1.54) is 0 Å². The quantitative estimate of drug-likeness (QED) is 0.731. The molecule has 3 aliphatic carbocycles. The van der Waals surface area contributed by atoms with Crippen LogP contribution >= 0.6 is 0 Å². The summed E-state index contributed by atoms with van der Waals surface area (Å²) in [7, 11) is 0. The van der Waals surface area contributed by atoms with Gasteiger partial charge in [0.15, 0.2) is 0 Å². The van der Waals surface area contributed by atoms with Gasteiger partial charge in [-0.1, -0.05) is 38.8 Å². The number of carbonyl (C=O) groups is 2. The molecular formula is C21H32O4. The van der Waals surface area contributed by atoms with Gasteiger partial charge < -0.3 is 10.2 Å². The second-order valence-corrected chi connectivity index (χ2v) is 9.43. The van der Waals surface area contributed by atoms with E-state index in [1.807, 2.05) is 6.92 Å². The highest BCUT2D eigenvalue weighted by atomic mass is 16.4. The van der Waals surface area contributed by atoms with Crippen LogP contribution in [0.25, 0.3) is 0 Å². The number of rotatable bonds is 3. The van der Waals surface area contributed by atoms with Crippen LogP contribution < -0.4 is 0 Å². The lowest BCUT2D eigenvalue weighted by molar-refractivity contribution is -0.170. The molecule has 4 nitrogen and oxygen atoms in total. The Morgan fingerprint density at radius 2 is 1.84 bits per heavy atom. The van der Waals surface area contributed by atoms with E-state index in [9.17, 15) is 19.8 Å². The number of fused-ring (bicyclic) bond motifs is 3. The third-order valence-electron chi connectivity index (χ3n) is 7.88. The second kappa shape index (κ2) is 6.14. The van der Waals surface area contributed by atoms with Crippen LogP contribution in [0.15, 0.2) is 11.6 Å². The largest absolute Gasteiger partial charge is 0.481 e. The summed E-state index contributed by atoms with van der Waals surface area (Å²) < 4.78 is 0. The molecule has 0 radical (unpaired) electrons. The zero-order valence-corrected chi connectivity index (χ0v) is 15.9. The molecule has 0 spiro atoms. The molecule has 0 aromatic heterocycles. The summed E-state index contributed by atoms with van der Waals surface area (Å²) >= 11 is 0. The molecule has 2 N–H and O–H groups in total. The molecular weight excluding hydrogens is 316 g/mol. The van der Waals surface area contributed by atoms with E-state index in [1.54, 1.807) is 0 Å². The summed E-state index contributed by atoms with van der Waals surface area (Å²) in [4.78, 5) is 23.9. The third kappa shape index (κ3) is 2.72. The van der Waals surface area contributed by atoms with E-state index in [4.69, 9.17) is 0 Å². The topological polar surface area (TPSA) is 74.6 Å². The minimum Gasteiger partial charge on any atom is -0.481 e. The first-order valence-corrected chi connectivity index (χ1v) is 9.79. The highest BCUT2D eigenvalue weighted by molar-refractivity contribution is 5.75. The Bertz CT molecular complexity index is 607. The fourth-order valence-electron chi connectivity index (χ4n) is 6.55. The van der Waals surface area contributed by atoms with Gasteiger partial charge in [0.05, 0.1) is 11.3 Å². The monoisotopic (exact) mass is 348 g/mol. The zero-order valence-electron chi connectivity index (χ0n) is 15.9. The van der Waals surface area contributed by atoms with Gasteiger partial charge in [-0.2, -0.15) is 0 Å². The summed E-state index contributed by atoms with van der Waals surface area (Å²) in [6, 6.07) is 0. The van der Waals surface area contributed by atoms with Crippen LogP contribution in [0, 0.1) is 40.4 Å². The first-order valence-electron chi connectivity index (χ1n) is 9.79. The van der Waals surface area contributed by atoms with Crippen molar-refractivity contribution in [3.63, 3.8) is 0 Å². The molecule has 0 bridgehead atoms. The SMILES string of the molecule is CC(C)C1=CC2CCC3C(C)(C(=O)O)CCCC3(C)C2CC1C(=O)O. The summed E-state index contributed by atoms with van der Waals surface area (Å²) in [6.45, 7) is 8.34. The Morgan fingerprint density at radius 1 is 1.16 bits per heavy atom. The van der Waals surface area contributed by atoms with Crippen molar-refractivity contribution in [1.82, 2.24) is 0 Å². The van der Waals surface area contributed by atoms with E-state index >= 15 is 0 Å². The predicted octanol–water partition coefficient (Wildman–Crippen LogP) is 4.60. The summed E-state index contributed by atoms with van der Waals surface area (Å²) in [5.74, 6) is -0.708. The van der Waals surface area contributed by atoms with Crippen LogP contribution in [0.4, 0.5) is 0 Å². The lowest BCUT2D eigenvalue weighted by atomic mass is 9.44. The highest BCUT2D eigenvalue weighted by Crippen LogP contribution is 2.64. The predicted molar refractivity (Wildman–Crippen MR) is 96.1 cm³/mol.